The summed E-state index contributed by atoms with van der Waals surface area (Å²) in [4.78, 5) is 40.5. The standard InChI is InChI=1S/C39H49ClN2O7/c1-46-36(43)30-13-11-29(12-14-30)27-42(37(44)39(19-7-4-8-20-39)31-15-17-32(40)18-16-31)22-24-48-26-25-47-23-21-41-38(45)49-28-35-33-9-5-2-3-6-10-34(33)35/h11-18,33-35H,4-10,19-28H2,1H3,(H,41,45)/t33-,34+,35?. The van der Waals surface area contributed by atoms with Crippen LogP contribution < -0.4 is 5.32 Å². The second-order valence-corrected chi connectivity index (χ2v) is 13.7. The molecule has 2 amide bonds. The Morgan fingerprint density at radius 1 is 0.878 bits per heavy atom. The highest BCUT2D eigenvalue weighted by molar-refractivity contribution is 6.30. The maximum Gasteiger partial charge on any atom is 0.407 e. The van der Waals surface area contributed by atoms with Gasteiger partial charge < -0.3 is 29.2 Å². The van der Waals surface area contributed by atoms with E-state index in [0.29, 0.717) is 81.0 Å². The zero-order chi connectivity index (χ0) is 34.5. The first-order valence-corrected chi connectivity index (χ1v) is 18.0. The third kappa shape index (κ3) is 10.2. The van der Waals surface area contributed by atoms with Crippen LogP contribution in [0.1, 0.15) is 79.3 Å². The van der Waals surface area contributed by atoms with E-state index in [9.17, 15) is 14.4 Å². The molecule has 0 bridgehead atoms. The van der Waals surface area contributed by atoms with Crippen LogP contribution in [0, 0.1) is 29.6 Å². The van der Waals surface area contributed by atoms with Crippen molar-refractivity contribution in [3.63, 3.8) is 0 Å². The average Bonchev–Trinajstić information content (AvgIpc) is 3.77. The molecule has 49 heavy (non-hydrogen) atoms. The van der Waals surface area contributed by atoms with Gasteiger partial charge in [0.25, 0.3) is 0 Å². The normalized spacial score (nSPS) is 20.7. The number of ether oxygens (including phenoxy) is 4. The summed E-state index contributed by atoms with van der Waals surface area (Å²) in [7, 11) is 1.36. The maximum absolute atomic E-state index is 14.5. The first kappa shape index (κ1) is 36.7. The predicted octanol–water partition coefficient (Wildman–Crippen LogP) is 6.56. The lowest BCUT2D eigenvalue weighted by Gasteiger charge is -2.40. The van der Waals surface area contributed by atoms with E-state index >= 15 is 0 Å². The molecule has 0 aliphatic heterocycles. The molecular formula is C39H49ClN2O7. The molecule has 0 spiro atoms. The summed E-state index contributed by atoms with van der Waals surface area (Å²) in [6.45, 7) is 3.01. The van der Waals surface area contributed by atoms with E-state index in [2.05, 4.69) is 17.2 Å². The van der Waals surface area contributed by atoms with E-state index in [-0.39, 0.29) is 5.91 Å². The lowest BCUT2D eigenvalue weighted by atomic mass is 9.68. The van der Waals surface area contributed by atoms with Crippen LogP contribution in [0.4, 0.5) is 4.79 Å². The summed E-state index contributed by atoms with van der Waals surface area (Å²) in [6, 6.07) is 14.8. The van der Waals surface area contributed by atoms with Crippen LogP contribution in [0.15, 0.2) is 48.5 Å². The van der Waals surface area contributed by atoms with Gasteiger partial charge >= 0.3 is 12.1 Å². The smallest absolute Gasteiger partial charge is 0.407 e. The van der Waals surface area contributed by atoms with Crippen molar-refractivity contribution in [3.8, 4) is 11.8 Å². The molecule has 1 unspecified atom stereocenters. The fraction of sp³-hybridized carbons (Fsp3) is 0.564. The topological polar surface area (TPSA) is 103 Å². The molecule has 9 nitrogen and oxygen atoms in total. The van der Waals surface area contributed by atoms with Crippen molar-refractivity contribution >= 4 is 29.6 Å². The highest BCUT2D eigenvalue weighted by Crippen LogP contribution is 2.52. The summed E-state index contributed by atoms with van der Waals surface area (Å²) in [5.74, 6) is 7.84. The first-order valence-electron chi connectivity index (χ1n) is 17.7. The second kappa shape index (κ2) is 18.4. The molecule has 0 radical (unpaired) electrons. The van der Waals surface area contributed by atoms with Gasteiger partial charge in [-0.3, -0.25) is 4.79 Å². The van der Waals surface area contributed by atoms with Crippen molar-refractivity contribution in [2.24, 2.45) is 17.8 Å². The predicted molar refractivity (Wildman–Crippen MR) is 187 cm³/mol. The van der Waals surface area contributed by atoms with Crippen molar-refractivity contribution in [1.29, 1.82) is 0 Å². The quantitative estimate of drug-likeness (QED) is 0.121. The lowest BCUT2D eigenvalue weighted by molar-refractivity contribution is -0.140. The third-order valence-corrected chi connectivity index (χ3v) is 10.4. The molecule has 0 saturated heterocycles. The number of hydrogen-bond acceptors (Lipinski definition) is 7. The number of carbonyl (C=O) groups is 3. The molecule has 5 rings (SSSR count). The molecule has 2 fully saturated rings. The zero-order valence-corrected chi connectivity index (χ0v) is 29.3. The van der Waals surface area contributed by atoms with Crippen LogP contribution in [0.3, 0.4) is 0 Å². The number of esters is 1. The Morgan fingerprint density at radius 3 is 2.18 bits per heavy atom. The number of halogens is 1. The van der Waals surface area contributed by atoms with Gasteiger partial charge in [-0.2, -0.15) is 0 Å². The van der Waals surface area contributed by atoms with Gasteiger partial charge in [0.05, 0.1) is 51.1 Å². The van der Waals surface area contributed by atoms with E-state index < -0.39 is 17.5 Å². The van der Waals surface area contributed by atoms with E-state index in [1.807, 2.05) is 41.3 Å². The van der Waals surface area contributed by atoms with Crippen LogP contribution in [-0.4, -0.2) is 76.1 Å². The summed E-state index contributed by atoms with van der Waals surface area (Å²) >= 11 is 6.21. The SMILES string of the molecule is COC(=O)c1ccc(CN(CCOCCOCCNC(=O)OCC2[C@H]3CCC#CCC[C@@H]23)C(=O)C2(c3ccc(Cl)cc3)CCCCC2)cc1. The van der Waals surface area contributed by atoms with Crippen molar-refractivity contribution in [2.45, 2.75) is 69.7 Å². The molecule has 3 aliphatic rings. The monoisotopic (exact) mass is 692 g/mol. The van der Waals surface area contributed by atoms with Gasteiger partial charge in [-0.25, -0.2) is 9.59 Å². The molecule has 3 atom stereocenters. The minimum absolute atomic E-state index is 0.0739. The molecule has 264 valence electrons. The number of alkyl carbamates (subject to hydrolysis) is 1. The van der Waals surface area contributed by atoms with Crippen LogP contribution in [0.2, 0.25) is 5.02 Å². The molecule has 3 aliphatic carbocycles. The zero-order valence-electron chi connectivity index (χ0n) is 28.6. The summed E-state index contributed by atoms with van der Waals surface area (Å²) in [6.07, 6.45) is 8.31. The van der Waals surface area contributed by atoms with Crippen LogP contribution >= 0.6 is 11.6 Å². The molecular weight excluding hydrogens is 644 g/mol. The Labute approximate surface area is 295 Å². The van der Waals surface area contributed by atoms with E-state index in [1.54, 1.807) is 12.1 Å². The van der Waals surface area contributed by atoms with Crippen LogP contribution in [0.5, 0.6) is 0 Å². The van der Waals surface area contributed by atoms with Crippen molar-refractivity contribution in [2.75, 3.05) is 53.2 Å². The van der Waals surface area contributed by atoms with Crippen LogP contribution in [0.25, 0.3) is 0 Å². The highest BCUT2D eigenvalue weighted by atomic mass is 35.5. The number of hydrogen-bond donors (Lipinski definition) is 1. The fourth-order valence-corrected chi connectivity index (χ4v) is 7.54. The van der Waals surface area contributed by atoms with Gasteiger partial charge in [-0.1, -0.05) is 55.1 Å². The van der Waals surface area contributed by atoms with E-state index in [0.717, 1.165) is 68.9 Å². The Bertz CT molecular complexity index is 1430. The number of nitrogens with one attached hydrogen (secondary N) is 1. The number of nitrogens with zero attached hydrogens (tertiary/aromatic N) is 1. The van der Waals surface area contributed by atoms with Crippen LogP contribution in [-0.2, 0) is 35.7 Å². The molecule has 0 aromatic heterocycles. The highest BCUT2D eigenvalue weighted by Gasteiger charge is 2.49. The van der Waals surface area contributed by atoms with Crippen molar-refractivity contribution < 1.29 is 33.3 Å². The third-order valence-electron chi connectivity index (χ3n) is 10.2. The van der Waals surface area contributed by atoms with Gasteiger partial charge in [0.1, 0.15) is 0 Å². The van der Waals surface area contributed by atoms with Gasteiger partial charge in [-0.15, -0.1) is 11.8 Å². The van der Waals surface area contributed by atoms with Gasteiger partial charge in [-0.05, 0) is 78.8 Å². The lowest BCUT2D eigenvalue weighted by Crippen LogP contribution is -2.48. The van der Waals surface area contributed by atoms with Gasteiger partial charge in [0.2, 0.25) is 5.91 Å². The summed E-state index contributed by atoms with van der Waals surface area (Å²) in [5.41, 5.74) is 1.73. The van der Waals surface area contributed by atoms with Crippen molar-refractivity contribution in [1.82, 2.24) is 10.2 Å². The van der Waals surface area contributed by atoms with E-state index in [4.69, 9.17) is 30.5 Å². The Morgan fingerprint density at radius 2 is 1.53 bits per heavy atom. The molecule has 0 heterocycles. The summed E-state index contributed by atoms with van der Waals surface area (Å²) < 4.78 is 21.9. The first-order chi connectivity index (χ1) is 23.9. The molecule has 10 heteroatoms. The molecule has 2 saturated carbocycles. The minimum atomic E-state index is -0.628. The molecule has 2 aromatic carbocycles. The Kier molecular flexibility index (Phi) is 13.8. The molecule has 1 N–H and O–H groups in total. The number of amides is 2. The van der Waals surface area contributed by atoms with Crippen molar-refractivity contribution in [3.05, 3.63) is 70.2 Å². The number of rotatable bonds is 16. The van der Waals surface area contributed by atoms with Gasteiger partial charge in [0, 0.05) is 37.5 Å². The summed E-state index contributed by atoms with van der Waals surface area (Å²) in [5, 5.41) is 3.40. The number of methoxy groups -OCH3 is 1. The fourth-order valence-electron chi connectivity index (χ4n) is 7.42. The van der Waals surface area contributed by atoms with Gasteiger partial charge in [0.15, 0.2) is 0 Å². The minimum Gasteiger partial charge on any atom is -0.465 e. The number of fused-ring (bicyclic) bond motifs is 1. The molecule has 2 aromatic rings. The number of benzene rings is 2. The Balaban J connectivity index is 1.06. The maximum atomic E-state index is 14.5. The number of carbonyl (C=O) groups excluding carboxylic acids is 3. The Hall–Kier alpha value is -3.58. The van der Waals surface area contributed by atoms with E-state index in [1.165, 1.54) is 7.11 Å². The second-order valence-electron chi connectivity index (χ2n) is 13.2. The largest absolute Gasteiger partial charge is 0.465 e. The average molecular weight is 693 g/mol.